The van der Waals surface area contributed by atoms with E-state index in [0.29, 0.717) is 0 Å². The van der Waals surface area contributed by atoms with Crippen molar-refractivity contribution in [3.8, 4) is 0 Å². The van der Waals surface area contributed by atoms with Gasteiger partial charge in [-0.2, -0.15) is 0 Å². The minimum atomic E-state index is -0.794. The Morgan fingerprint density at radius 2 is 2.00 bits per heavy atom. The van der Waals surface area contributed by atoms with E-state index in [1.807, 2.05) is 13.0 Å². The lowest BCUT2D eigenvalue weighted by Gasteiger charge is -2.02. The molecule has 0 nitrogen and oxygen atoms in total. The van der Waals surface area contributed by atoms with Crippen molar-refractivity contribution >= 4 is 5.57 Å². The number of hydrogen-bond acceptors (Lipinski definition) is 0. The van der Waals surface area contributed by atoms with E-state index in [2.05, 4.69) is 6.92 Å². The lowest BCUT2D eigenvalue weighted by molar-refractivity contribution is 0.508. The SMILES string of the molecule is CCC/C=C(/C)c1ccc(F)c(F)c1. The van der Waals surface area contributed by atoms with E-state index in [9.17, 15) is 8.78 Å². The van der Waals surface area contributed by atoms with Gasteiger partial charge in [-0.05, 0) is 36.6 Å². The van der Waals surface area contributed by atoms with E-state index in [-0.39, 0.29) is 0 Å². The fourth-order valence-corrected chi connectivity index (χ4v) is 1.22. The van der Waals surface area contributed by atoms with Gasteiger partial charge in [0.05, 0.1) is 0 Å². The number of allylic oxidation sites excluding steroid dienone is 2. The molecule has 14 heavy (non-hydrogen) atoms. The number of hydrogen-bond donors (Lipinski definition) is 0. The molecule has 1 aromatic carbocycles. The molecule has 2 heteroatoms. The molecule has 0 fully saturated rings. The second kappa shape index (κ2) is 4.89. The molecule has 0 aliphatic rings. The fourth-order valence-electron chi connectivity index (χ4n) is 1.22. The molecule has 0 N–H and O–H groups in total. The maximum atomic E-state index is 12.9. The second-order valence-electron chi connectivity index (χ2n) is 3.30. The average molecular weight is 196 g/mol. The number of unbranched alkanes of at least 4 members (excludes halogenated alkanes) is 1. The Labute approximate surface area is 83.3 Å². The minimum absolute atomic E-state index is 0.748. The van der Waals surface area contributed by atoms with Gasteiger partial charge in [0.15, 0.2) is 11.6 Å². The molecule has 0 aliphatic heterocycles. The van der Waals surface area contributed by atoms with Crippen molar-refractivity contribution in [3.05, 3.63) is 41.5 Å². The van der Waals surface area contributed by atoms with Crippen LogP contribution in [0.3, 0.4) is 0 Å². The van der Waals surface area contributed by atoms with Gasteiger partial charge in [0, 0.05) is 0 Å². The molecule has 0 aliphatic carbocycles. The Hall–Kier alpha value is -1.18. The zero-order valence-corrected chi connectivity index (χ0v) is 8.48. The first-order valence-corrected chi connectivity index (χ1v) is 4.77. The second-order valence-corrected chi connectivity index (χ2v) is 3.30. The Balaban J connectivity index is 2.91. The molecular weight excluding hydrogens is 182 g/mol. The number of rotatable bonds is 3. The molecule has 0 unspecified atom stereocenters. The smallest absolute Gasteiger partial charge is 0.159 e. The highest BCUT2D eigenvalue weighted by Gasteiger charge is 2.02. The molecule has 0 radical (unpaired) electrons. The predicted molar refractivity (Wildman–Crippen MR) is 54.9 cm³/mol. The highest BCUT2D eigenvalue weighted by molar-refractivity contribution is 5.63. The Morgan fingerprint density at radius 1 is 1.29 bits per heavy atom. The van der Waals surface area contributed by atoms with E-state index in [0.717, 1.165) is 30.0 Å². The summed E-state index contributed by atoms with van der Waals surface area (Å²) >= 11 is 0. The van der Waals surface area contributed by atoms with Crippen LogP contribution in [0.1, 0.15) is 32.3 Å². The average Bonchev–Trinajstić information content (AvgIpc) is 2.18. The largest absolute Gasteiger partial charge is 0.204 e. The standard InChI is InChI=1S/C12H14F2/c1-3-4-5-9(2)10-6-7-11(13)12(14)8-10/h5-8H,3-4H2,1-2H3/b9-5-. The van der Waals surface area contributed by atoms with Crippen LogP contribution < -0.4 is 0 Å². The third-order valence-corrected chi connectivity index (χ3v) is 2.11. The van der Waals surface area contributed by atoms with Gasteiger partial charge < -0.3 is 0 Å². The van der Waals surface area contributed by atoms with Crippen LogP contribution >= 0.6 is 0 Å². The van der Waals surface area contributed by atoms with Gasteiger partial charge in [0.2, 0.25) is 0 Å². The van der Waals surface area contributed by atoms with Gasteiger partial charge in [-0.15, -0.1) is 0 Å². The number of benzene rings is 1. The van der Waals surface area contributed by atoms with Gasteiger partial charge in [-0.25, -0.2) is 8.78 Å². The van der Waals surface area contributed by atoms with Gasteiger partial charge >= 0.3 is 0 Å². The van der Waals surface area contributed by atoms with Crippen molar-refractivity contribution in [3.63, 3.8) is 0 Å². The van der Waals surface area contributed by atoms with Crippen LogP contribution in [-0.4, -0.2) is 0 Å². The van der Waals surface area contributed by atoms with Crippen LogP contribution in [0.15, 0.2) is 24.3 Å². The van der Waals surface area contributed by atoms with Gasteiger partial charge in [0.25, 0.3) is 0 Å². The summed E-state index contributed by atoms with van der Waals surface area (Å²) in [7, 11) is 0. The Kier molecular flexibility index (Phi) is 3.81. The van der Waals surface area contributed by atoms with E-state index < -0.39 is 11.6 Å². The molecule has 1 aromatic rings. The molecule has 0 heterocycles. The summed E-state index contributed by atoms with van der Waals surface area (Å²) in [6.45, 7) is 3.98. The first-order chi connectivity index (χ1) is 6.65. The first-order valence-electron chi connectivity index (χ1n) is 4.77. The van der Waals surface area contributed by atoms with Crippen LogP contribution in [0, 0.1) is 11.6 Å². The summed E-state index contributed by atoms with van der Waals surface area (Å²) in [5.74, 6) is -1.58. The third kappa shape index (κ3) is 2.66. The molecular formula is C12H14F2. The topological polar surface area (TPSA) is 0 Å². The van der Waals surface area contributed by atoms with E-state index in [1.54, 1.807) is 6.07 Å². The lowest BCUT2D eigenvalue weighted by atomic mass is 10.1. The van der Waals surface area contributed by atoms with Crippen molar-refractivity contribution in [2.24, 2.45) is 0 Å². The van der Waals surface area contributed by atoms with E-state index in [1.165, 1.54) is 6.07 Å². The van der Waals surface area contributed by atoms with Crippen molar-refractivity contribution in [2.45, 2.75) is 26.7 Å². The highest BCUT2D eigenvalue weighted by atomic mass is 19.2. The van der Waals surface area contributed by atoms with Crippen LogP contribution in [0.25, 0.3) is 5.57 Å². The van der Waals surface area contributed by atoms with Crippen molar-refractivity contribution in [2.75, 3.05) is 0 Å². The summed E-state index contributed by atoms with van der Waals surface area (Å²) in [6, 6.07) is 3.99. The Morgan fingerprint density at radius 3 is 2.57 bits per heavy atom. The minimum Gasteiger partial charge on any atom is -0.204 e. The maximum absolute atomic E-state index is 12.9. The molecule has 0 atom stereocenters. The maximum Gasteiger partial charge on any atom is 0.159 e. The van der Waals surface area contributed by atoms with Crippen molar-refractivity contribution in [1.82, 2.24) is 0 Å². The zero-order valence-electron chi connectivity index (χ0n) is 8.48. The quantitative estimate of drug-likeness (QED) is 0.680. The summed E-state index contributed by atoms with van der Waals surface area (Å²) in [5.41, 5.74) is 1.74. The van der Waals surface area contributed by atoms with Crippen LogP contribution in [-0.2, 0) is 0 Å². The molecule has 0 aromatic heterocycles. The molecule has 0 amide bonds. The van der Waals surface area contributed by atoms with Gasteiger partial charge in [-0.1, -0.05) is 25.5 Å². The zero-order chi connectivity index (χ0) is 10.6. The molecule has 0 saturated carbocycles. The van der Waals surface area contributed by atoms with E-state index >= 15 is 0 Å². The highest BCUT2D eigenvalue weighted by Crippen LogP contribution is 2.17. The molecule has 0 bridgehead atoms. The molecule has 0 spiro atoms. The van der Waals surface area contributed by atoms with Crippen LogP contribution in [0.5, 0.6) is 0 Å². The van der Waals surface area contributed by atoms with E-state index in [4.69, 9.17) is 0 Å². The van der Waals surface area contributed by atoms with Crippen LogP contribution in [0.2, 0.25) is 0 Å². The van der Waals surface area contributed by atoms with Gasteiger partial charge in [0.1, 0.15) is 0 Å². The Bertz CT molecular complexity index is 340. The monoisotopic (exact) mass is 196 g/mol. The van der Waals surface area contributed by atoms with Gasteiger partial charge in [-0.3, -0.25) is 0 Å². The number of halogens is 2. The van der Waals surface area contributed by atoms with Crippen LogP contribution in [0.4, 0.5) is 8.78 Å². The summed E-state index contributed by atoms with van der Waals surface area (Å²) in [6.07, 6.45) is 4.05. The van der Waals surface area contributed by atoms with Crippen molar-refractivity contribution < 1.29 is 8.78 Å². The lowest BCUT2D eigenvalue weighted by Crippen LogP contribution is -1.87. The normalized spacial score (nSPS) is 11.9. The molecule has 1 rings (SSSR count). The first kappa shape index (κ1) is 10.9. The third-order valence-electron chi connectivity index (χ3n) is 2.11. The van der Waals surface area contributed by atoms with Crippen molar-refractivity contribution in [1.29, 1.82) is 0 Å². The molecule has 0 saturated heterocycles. The fraction of sp³-hybridized carbons (Fsp3) is 0.333. The summed E-state index contributed by atoms with van der Waals surface area (Å²) in [5, 5.41) is 0. The predicted octanol–water partition coefficient (Wildman–Crippen LogP) is 4.17. The summed E-state index contributed by atoms with van der Waals surface area (Å²) in [4.78, 5) is 0. The molecule has 76 valence electrons. The summed E-state index contributed by atoms with van der Waals surface area (Å²) < 4.78 is 25.5.